The van der Waals surface area contributed by atoms with Gasteiger partial charge in [0.05, 0.1) is 30.5 Å². The van der Waals surface area contributed by atoms with E-state index in [1.807, 2.05) is 16.9 Å². The van der Waals surface area contributed by atoms with Crippen molar-refractivity contribution in [1.82, 2.24) is 19.7 Å². The van der Waals surface area contributed by atoms with Crippen LogP contribution in [0.4, 0.5) is 14.6 Å². The third kappa shape index (κ3) is 4.28. The summed E-state index contributed by atoms with van der Waals surface area (Å²) in [6.45, 7) is 5.64. The third-order valence-electron chi connectivity index (χ3n) is 6.41. The molecule has 2 aliphatic carbocycles. The van der Waals surface area contributed by atoms with Gasteiger partial charge in [-0.05, 0) is 49.1 Å². The van der Waals surface area contributed by atoms with E-state index < -0.39 is 6.43 Å². The number of rotatable bonds is 5. The lowest BCUT2D eigenvalue weighted by Crippen LogP contribution is -2.48. The molecule has 2 saturated heterocycles. The molecule has 156 valence electrons. The van der Waals surface area contributed by atoms with E-state index in [1.54, 1.807) is 0 Å². The van der Waals surface area contributed by atoms with Gasteiger partial charge in [-0.3, -0.25) is 9.58 Å². The molecule has 29 heavy (non-hydrogen) atoms. The zero-order valence-corrected chi connectivity index (χ0v) is 16.4. The fourth-order valence-electron chi connectivity index (χ4n) is 4.16. The highest BCUT2D eigenvalue weighted by atomic mass is 19.3. The van der Waals surface area contributed by atoms with Crippen molar-refractivity contribution >= 4 is 5.82 Å². The lowest BCUT2D eigenvalue weighted by molar-refractivity contribution is -0.0605. The fourth-order valence-corrected chi connectivity index (χ4v) is 4.16. The first kappa shape index (κ1) is 18.9. The number of ether oxygens (including phenoxy) is 1. The van der Waals surface area contributed by atoms with Gasteiger partial charge in [0.15, 0.2) is 0 Å². The molecule has 2 aliphatic heterocycles. The normalized spacial score (nSPS) is 26.0. The smallest absolute Gasteiger partial charge is 0.267 e. The second-order valence-electron chi connectivity index (χ2n) is 8.77. The van der Waals surface area contributed by atoms with E-state index in [0.29, 0.717) is 17.2 Å². The summed E-state index contributed by atoms with van der Waals surface area (Å²) in [6, 6.07) is 3.97. The van der Waals surface area contributed by atoms with Crippen molar-refractivity contribution < 1.29 is 13.5 Å². The summed E-state index contributed by atoms with van der Waals surface area (Å²) in [7, 11) is 0. The topological polar surface area (TPSA) is 69.2 Å². The molecule has 4 heterocycles. The van der Waals surface area contributed by atoms with E-state index in [1.165, 1.54) is 44.6 Å². The zero-order valence-electron chi connectivity index (χ0n) is 16.4. The fraction of sp³-hybridized carbons (Fsp3) is 0.619. The Balaban J connectivity index is 0.000000150. The first-order valence-corrected chi connectivity index (χ1v) is 10.5. The predicted octanol–water partition coefficient (Wildman–Crippen LogP) is 3.21. The molecule has 2 saturated carbocycles. The number of piperidine rings is 1. The maximum absolute atomic E-state index is 12.8. The first-order chi connectivity index (χ1) is 14.1. The number of likely N-dealkylation sites (tertiary alicyclic amines) is 1. The number of alkyl halides is 2. The van der Waals surface area contributed by atoms with Crippen LogP contribution in [0.15, 0.2) is 24.5 Å². The molecule has 2 N–H and O–H groups in total. The molecule has 2 aromatic heterocycles. The Hall–Kier alpha value is -2.06. The number of aromatic nitrogens is 3. The maximum Gasteiger partial charge on any atom is 0.267 e. The molecule has 0 spiro atoms. The maximum atomic E-state index is 12.8. The third-order valence-corrected chi connectivity index (χ3v) is 6.41. The number of pyridine rings is 1. The number of hydrogen-bond donors (Lipinski definition) is 1. The van der Waals surface area contributed by atoms with E-state index in [4.69, 9.17) is 10.5 Å². The van der Waals surface area contributed by atoms with Crippen LogP contribution in [0, 0.1) is 17.8 Å². The zero-order chi connectivity index (χ0) is 20.0. The van der Waals surface area contributed by atoms with Crippen LogP contribution in [0.5, 0.6) is 0 Å². The minimum Gasteiger partial charge on any atom is -0.383 e. The summed E-state index contributed by atoms with van der Waals surface area (Å²) >= 11 is 0. The van der Waals surface area contributed by atoms with Crippen LogP contribution in [0.2, 0.25) is 0 Å². The molecule has 8 heteroatoms. The van der Waals surface area contributed by atoms with Gasteiger partial charge in [0, 0.05) is 37.6 Å². The highest BCUT2D eigenvalue weighted by Gasteiger charge is 2.47. The van der Waals surface area contributed by atoms with Crippen molar-refractivity contribution in [3.8, 4) is 11.3 Å². The molecule has 4 fully saturated rings. The molecule has 2 unspecified atom stereocenters. The minimum atomic E-state index is -2.62. The molecule has 6 rings (SSSR count). The lowest BCUT2D eigenvalue weighted by atomic mass is 10.1. The van der Waals surface area contributed by atoms with Gasteiger partial charge in [0.25, 0.3) is 6.43 Å². The van der Waals surface area contributed by atoms with Crippen LogP contribution in [0.25, 0.3) is 11.3 Å². The summed E-state index contributed by atoms with van der Waals surface area (Å²) in [5.41, 5.74) is 6.41. The van der Waals surface area contributed by atoms with Gasteiger partial charge in [0.2, 0.25) is 0 Å². The highest BCUT2D eigenvalue weighted by Crippen LogP contribution is 2.45. The summed E-state index contributed by atoms with van der Waals surface area (Å²) < 4.78 is 32.5. The monoisotopic (exact) mass is 403 g/mol. The summed E-state index contributed by atoms with van der Waals surface area (Å²) in [4.78, 5) is 6.42. The Labute approximate surface area is 169 Å². The number of hydrogen-bond acceptors (Lipinski definition) is 5. The van der Waals surface area contributed by atoms with Gasteiger partial charge in [-0.15, -0.1) is 0 Å². The highest BCUT2D eigenvalue weighted by molar-refractivity contribution is 5.61. The van der Waals surface area contributed by atoms with E-state index in [9.17, 15) is 8.78 Å². The van der Waals surface area contributed by atoms with Gasteiger partial charge < -0.3 is 10.5 Å². The van der Waals surface area contributed by atoms with Crippen LogP contribution in [0.3, 0.4) is 0 Å². The minimum absolute atomic E-state index is 0.129. The second-order valence-corrected chi connectivity index (χ2v) is 8.77. The van der Waals surface area contributed by atoms with Crippen molar-refractivity contribution in [1.29, 1.82) is 0 Å². The van der Waals surface area contributed by atoms with Gasteiger partial charge in [0.1, 0.15) is 5.82 Å². The quantitative estimate of drug-likeness (QED) is 0.830. The van der Waals surface area contributed by atoms with Crippen LogP contribution in [-0.2, 0) is 11.3 Å². The predicted molar refractivity (Wildman–Crippen MR) is 105 cm³/mol. The van der Waals surface area contributed by atoms with Crippen molar-refractivity contribution in [3.63, 3.8) is 0 Å². The number of halogens is 2. The number of nitrogen functional groups attached to an aromatic ring is 1. The number of nitrogens with two attached hydrogens (primary N) is 1. The molecule has 6 nitrogen and oxygen atoms in total. The molecule has 0 aromatic carbocycles. The Kier molecular flexibility index (Phi) is 4.99. The molecule has 2 aromatic rings. The van der Waals surface area contributed by atoms with Crippen molar-refractivity contribution in [2.45, 2.75) is 38.3 Å². The Morgan fingerprint density at radius 3 is 2.59 bits per heavy atom. The van der Waals surface area contributed by atoms with E-state index in [2.05, 4.69) is 15.0 Å². The summed E-state index contributed by atoms with van der Waals surface area (Å²) in [5.74, 6) is 2.76. The average molecular weight is 403 g/mol. The molecular weight excluding hydrogens is 376 g/mol. The average Bonchev–Trinajstić information content (AvgIpc) is 3.52. The Morgan fingerprint density at radius 2 is 1.97 bits per heavy atom. The first-order valence-electron chi connectivity index (χ1n) is 10.5. The second kappa shape index (κ2) is 7.65. The Morgan fingerprint density at radius 1 is 1.21 bits per heavy atom. The Bertz CT molecular complexity index is 855. The number of nitrogens with zero attached hydrogens (tertiary/aromatic N) is 4. The summed E-state index contributed by atoms with van der Waals surface area (Å²) in [6.07, 6.45) is 4.73. The molecule has 0 amide bonds. The molecule has 2 atom stereocenters. The van der Waals surface area contributed by atoms with E-state index in [0.717, 1.165) is 37.6 Å². The molecule has 0 bridgehead atoms. The van der Waals surface area contributed by atoms with Gasteiger partial charge in [-0.1, -0.05) is 0 Å². The summed E-state index contributed by atoms with van der Waals surface area (Å²) in [5, 5.41) is 4.38. The van der Waals surface area contributed by atoms with Crippen LogP contribution < -0.4 is 5.73 Å². The lowest BCUT2D eigenvalue weighted by Gasteiger charge is -2.35. The molecule has 4 aliphatic rings. The van der Waals surface area contributed by atoms with Gasteiger partial charge in [-0.2, -0.15) is 5.10 Å². The van der Waals surface area contributed by atoms with Crippen LogP contribution in [-0.4, -0.2) is 52.0 Å². The van der Waals surface area contributed by atoms with Gasteiger partial charge >= 0.3 is 0 Å². The van der Waals surface area contributed by atoms with E-state index in [-0.39, 0.29) is 11.4 Å². The number of anilines is 1. The van der Waals surface area contributed by atoms with E-state index >= 15 is 0 Å². The largest absolute Gasteiger partial charge is 0.383 e. The van der Waals surface area contributed by atoms with Gasteiger partial charge in [-0.25, -0.2) is 13.8 Å². The van der Waals surface area contributed by atoms with Crippen molar-refractivity contribution in [2.75, 3.05) is 32.0 Å². The van der Waals surface area contributed by atoms with Crippen LogP contribution >= 0.6 is 0 Å². The number of fused-ring (bicyclic) bond motifs is 1. The molecule has 0 radical (unpaired) electrons. The standard InChI is InChI=1S/C13H14F2N4.C8H13NO/c14-12(15)10-5-9(6-17-13(10)16)11-3-4-19(18-11)7-8-1-2-8;1-6-2-9(3-7(1)6)8-4-10-5-8/h3-6,8,12H,1-2,7H2,(H2,16,17);6-8H,1-5H2. The van der Waals surface area contributed by atoms with Crippen LogP contribution in [0.1, 0.15) is 31.3 Å². The van der Waals surface area contributed by atoms with Crippen molar-refractivity contribution in [2.24, 2.45) is 17.8 Å². The molecular formula is C21H27F2N5O. The van der Waals surface area contributed by atoms with Crippen molar-refractivity contribution in [3.05, 3.63) is 30.1 Å². The SMILES string of the molecule is C1C2CN(C3COC3)CC12.Nc1ncc(-c2ccn(CC3CC3)n2)cc1C(F)F.